The smallest absolute Gasteiger partial charge is 0.320 e. The molecule has 122 valence electrons. The van der Waals surface area contributed by atoms with Crippen LogP contribution in [0.4, 0.5) is 0 Å². The monoisotopic (exact) mass is 372 g/mol. The molecule has 0 spiro atoms. The van der Waals surface area contributed by atoms with Gasteiger partial charge in [-0.15, -0.1) is 0 Å². The number of hydrogen-bond acceptors (Lipinski definition) is 4. The highest BCUT2D eigenvalue weighted by molar-refractivity contribution is 9.10. The molecule has 0 aliphatic heterocycles. The zero-order valence-electron chi connectivity index (χ0n) is 12.9. The number of halogens is 1. The number of carboxylic acids is 1. The fraction of sp³-hybridized carbons (Fsp3) is 0.467. The molecule has 1 atom stereocenters. The van der Waals surface area contributed by atoms with Crippen LogP contribution in [0.2, 0.25) is 0 Å². The number of rotatable bonds is 8. The van der Waals surface area contributed by atoms with Crippen LogP contribution in [0.25, 0.3) is 0 Å². The standard InChI is InChI=1S/C15H21BrN2O4/c1-10(15(20)21)18(7-6-17-11(2)19)9-12-4-5-13(16)8-14(12)22-3/h4-5,8,10H,6-7,9H2,1-3H3,(H,17,19)(H,20,21). The topological polar surface area (TPSA) is 78.9 Å². The van der Waals surface area contributed by atoms with E-state index < -0.39 is 12.0 Å². The van der Waals surface area contributed by atoms with Gasteiger partial charge in [0.1, 0.15) is 11.8 Å². The molecule has 7 heteroatoms. The number of carboxylic acid groups (broad SMARTS) is 1. The van der Waals surface area contributed by atoms with Gasteiger partial charge < -0.3 is 15.2 Å². The normalized spacial score (nSPS) is 12.0. The predicted octanol–water partition coefficient (Wildman–Crippen LogP) is 1.87. The first-order valence-electron chi connectivity index (χ1n) is 6.89. The molecule has 0 saturated heterocycles. The van der Waals surface area contributed by atoms with Crippen molar-refractivity contribution in [3.8, 4) is 5.75 Å². The quantitative estimate of drug-likeness (QED) is 0.728. The summed E-state index contributed by atoms with van der Waals surface area (Å²) in [4.78, 5) is 24.0. The zero-order chi connectivity index (χ0) is 16.7. The molecule has 1 amide bonds. The van der Waals surface area contributed by atoms with Crippen LogP contribution in [0.15, 0.2) is 22.7 Å². The second-order valence-corrected chi connectivity index (χ2v) is 5.84. The van der Waals surface area contributed by atoms with Gasteiger partial charge in [0.25, 0.3) is 0 Å². The van der Waals surface area contributed by atoms with E-state index in [2.05, 4.69) is 21.2 Å². The lowest BCUT2D eigenvalue weighted by atomic mass is 10.1. The highest BCUT2D eigenvalue weighted by atomic mass is 79.9. The van der Waals surface area contributed by atoms with Gasteiger partial charge in [-0.1, -0.05) is 22.0 Å². The van der Waals surface area contributed by atoms with E-state index in [1.54, 1.807) is 18.9 Å². The summed E-state index contributed by atoms with van der Waals surface area (Å²) in [7, 11) is 1.58. The van der Waals surface area contributed by atoms with Crippen LogP contribution in [0.5, 0.6) is 5.75 Å². The van der Waals surface area contributed by atoms with Crippen molar-refractivity contribution in [1.82, 2.24) is 10.2 Å². The first-order chi connectivity index (χ1) is 10.3. The molecule has 0 aromatic heterocycles. The molecule has 1 rings (SSSR count). The van der Waals surface area contributed by atoms with E-state index in [0.717, 1.165) is 10.0 Å². The molecule has 1 aromatic rings. The predicted molar refractivity (Wildman–Crippen MR) is 86.9 cm³/mol. The number of hydrogen-bond donors (Lipinski definition) is 2. The molecule has 0 heterocycles. The van der Waals surface area contributed by atoms with Crippen LogP contribution in [-0.4, -0.2) is 48.1 Å². The van der Waals surface area contributed by atoms with Gasteiger partial charge in [-0.05, 0) is 19.1 Å². The van der Waals surface area contributed by atoms with Crippen molar-refractivity contribution < 1.29 is 19.4 Å². The fourth-order valence-electron chi connectivity index (χ4n) is 2.01. The van der Waals surface area contributed by atoms with Crippen molar-refractivity contribution in [1.29, 1.82) is 0 Å². The fourth-order valence-corrected chi connectivity index (χ4v) is 2.35. The molecule has 22 heavy (non-hydrogen) atoms. The summed E-state index contributed by atoms with van der Waals surface area (Å²) < 4.78 is 6.23. The first-order valence-corrected chi connectivity index (χ1v) is 7.68. The Labute approximate surface area is 138 Å². The number of methoxy groups -OCH3 is 1. The Morgan fingerprint density at radius 1 is 1.45 bits per heavy atom. The number of ether oxygens (including phenoxy) is 1. The Hall–Kier alpha value is -1.60. The molecule has 1 unspecified atom stereocenters. The van der Waals surface area contributed by atoms with Gasteiger partial charge in [-0.3, -0.25) is 14.5 Å². The van der Waals surface area contributed by atoms with E-state index in [-0.39, 0.29) is 5.91 Å². The van der Waals surface area contributed by atoms with Gasteiger partial charge in [-0.2, -0.15) is 0 Å². The lowest BCUT2D eigenvalue weighted by Crippen LogP contribution is -2.42. The Morgan fingerprint density at radius 2 is 2.14 bits per heavy atom. The Morgan fingerprint density at radius 3 is 2.68 bits per heavy atom. The van der Waals surface area contributed by atoms with Gasteiger partial charge in [-0.25, -0.2) is 0 Å². The Balaban J connectivity index is 2.87. The molecule has 0 aliphatic rings. The highest BCUT2D eigenvalue weighted by Gasteiger charge is 2.21. The van der Waals surface area contributed by atoms with E-state index in [1.807, 2.05) is 18.2 Å². The third-order valence-electron chi connectivity index (χ3n) is 3.30. The number of amides is 1. The summed E-state index contributed by atoms with van der Waals surface area (Å²) in [6.45, 7) is 4.31. The first kappa shape index (κ1) is 18.4. The van der Waals surface area contributed by atoms with Crippen molar-refractivity contribution in [2.24, 2.45) is 0 Å². The summed E-state index contributed by atoms with van der Waals surface area (Å²) in [5, 5.41) is 11.9. The largest absolute Gasteiger partial charge is 0.496 e. The summed E-state index contributed by atoms with van der Waals surface area (Å²) in [5.74, 6) is -0.348. The van der Waals surface area contributed by atoms with Gasteiger partial charge in [0.05, 0.1) is 7.11 Å². The minimum atomic E-state index is -0.904. The number of aliphatic carboxylic acids is 1. The minimum Gasteiger partial charge on any atom is -0.496 e. The second-order valence-electron chi connectivity index (χ2n) is 4.92. The summed E-state index contributed by atoms with van der Waals surface area (Å²) in [5.41, 5.74) is 0.890. The van der Waals surface area contributed by atoms with E-state index in [4.69, 9.17) is 4.74 Å². The summed E-state index contributed by atoms with van der Waals surface area (Å²) >= 11 is 3.38. The Kier molecular flexibility index (Phi) is 7.34. The number of benzene rings is 1. The molecule has 6 nitrogen and oxygen atoms in total. The lowest BCUT2D eigenvalue weighted by molar-refractivity contribution is -0.142. The summed E-state index contributed by atoms with van der Waals surface area (Å²) in [6.07, 6.45) is 0. The van der Waals surface area contributed by atoms with E-state index in [1.165, 1.54) is 6.92 Å². The van der Waals surface area contributed by atoms with Crippen LogP contribution in [-0.2, 0) is 16.1 Å². The number of nitrogens with zero attached hydrogens (tertiary/aromatic N) is 1. The third-order valence-corrected chi connectivity index (χ3v) is 3.79. The number of nitrogens with one attached hydrogen (secondary N) is 1. The minimum absolute atomic E-state index is 0.135. The molecule has 0 radical (unpaired) electrons. The van der Waals surface area contributed by atoms with Crippen LogP contribution < -0.4 is 10.1 Å². The van der Waals surface area contributed by atoms with Crippen molar-refractivity contribution in [3.05, 3.63) is 28.2 Å². The molecule has 0 bridgehead atoms. The van der Waals surface area contributed by atoms with Gasteiger partial charge in [0.15, 0.2) is 0 Å². The molecular formula is C15H21BrN2O4. The maximum atomic E-state index is 11.3. The number of carbonyl (C=O) groups is 2. The SMILES string of the molecule is COc1cc(Br)ccc1CN(CCNC(C)=O)C(C)C(=O)O. The van der Waals surface area contributed by atoms with E-state index >= 15 is 0 Å². The van der Waals surface area contributed by atoms with Crippen molar-refractivity contribution in [2.45, 2.75) is 26.4 Å². The average molecular weight is 373 g/mol. The molecule has 2 N–H and O–H groups in total. The van der Waals surface area contributed by atoms with Crippen molar-refractivity contribution >= 4 is 27.8 Å². The molecule has 0 fully saturated rings. The van der Waals surface area contributed by atoms with Gasteiger partial charge in [0.2, 0.25) is 5.91 Å². The average Bonchev–Trinajstić information content (AvgIpc) is 2.46. The van der Waals surface area contributed by atoms with Crippen molar-refractivity contribution in [3.63, 3.8) is 0 Å². The molecular weight excluding hydrogens is 352 g/mol. The second kappa shape index (κ2) is 8.75. The van der Waals surface area contributed by atoms with Crippen LogP contribution >= 0.6 is 15.9 Å². The summed E-state index contributed by atoms with van der Waals surface area (Å²) in [6, 6.07) is 4.95. The Bertz CT molecular complexity index is 536. The van der Waals surface area contributed by atoms with E-state index in [0.29, 0.717) is 25.4 Å². The maximum absolute atomic E-state index is 11.3. The van der Waals surface area contributed by atoms with Crippen LogP contribution in [0.3, 0.4) is 0 Å². The maximum Gasteiger partial charge on any atom is 0.320 e. The van der Waals surface area contributed by atoms with E-state index in [9.17, 15) is 14.7 Å². The molecule has 0 aliphatic carbocycles. The number of carbonyl (C=O) groups excluding carboxylic acids is 1. The van der Waals surface area contributed by atoms with Crippen LogP contribution in [0, 0.1) is 0 Å². The van der Waals surface area contributed by atoms with Crippen LogP contribution in [0.1, 0.15) is 19.4 Å². The zero-order valence-corrected chi connectivity index (χ0v) is 14.5. The van der Waals surface area contributed by atoms with Gasteiger partial charge >= 0.3 is 5.97 Å². The van der Waals surface area contributed by atoms with Crippen molar-refractivity contribution in [2.75, 3.05) is 20.2 Å². The van der Waals surface area contributed by atoms with Gasteiger partial charge in [0, 0.05) is 36.6 Å². The molecule has 1 aromatic carbocycles. The lowest BCUT2D eigenvalue weighted by Gasteiger charge is -2.27. The third kappa shape index (κ3) is 5.65. The highest BCUT2D eigenvalue weighted by Crippen LogP contribution is 2.25. The molecule has 0 saturated carbocycles.